The first-order valence-electron chi connectivity index (χ1n) is 5.56. The molecular weight excluding hydrogens is 208 g/mol. The van der Waals surface area contributed by atoms with Crippen molar-refractivity contribution in [3.8, 4) is 0 Å². The van der Waals surface area contributed by atoms with E-state index in [2.05, 4.69) is 10.4 Å². The molecule has 2 rings (SSSR count). The predicted octanol–water partition coefficient (Wildman–Crippen LogP) is 1.10. The smallest absolute Gasteiger partial charge is 0.309 e. The van der Waals surface area contributed by atoms with E-state index in [1.165, 1.54) is 6.20 Å². The zero-order valence-electron chi connectivity index (χ0n) is 9.35. The van der Waals surface area contributed by atoms with Crippen molar-refractivity contribution in [2.24, 2.45) is 5.92 Å². The number of nitro groups is 1. The molecule has 1 aliphatic heterocycles. The van der Waals surface area contributed by atoms with Crippen LogP contribution in [0.2, 0.25) is 0 Å². The molecule has 1 aromatic heterocycles. The summed E-state index contributed by atoms with van der Waals surface area (Å²) in [6.45, 7) is 4.54. The van der Waals surface area contributed by atoms with Gasteiger partial charge in [0.15, 0.2) is 0 Å². The van der Waals surface area contributed by atoms with Gasteiger partial charge in [-0.3, -0.25) is 14.8 Å². The topological polar surface area (TPSA) is 73.0 Å². The van der Waals surface area contributed by atoms with E-state index < -0.39 is 0 Å². The van der Waals surface area contributed by atoms with Crippen LogP contribution in [0.5, 0.6) is 0 Å². The summed E-state index contributed by atoms with van der Waals surface area (Å²) in [5, 5.41) is 18.1. The van der Waals surface area contributed by atoms with Crippen molar-refractivity contribution >= 4 is 5.69 Å². The molecule has 1 aromatic rings. The molecule has 0 bridgehead atoms. The number of aromatic nitrogens is 2. The Morgan fingerprint density at radius 2 is 2.31 bits per heavy atom. The molecule has 0 unspecified atom stereocenters. The molecule has 6 nitrogen and oxygen atoms in total. The highest BCUT2D eigenvalue weighted by Crippen LogP contribution is 2.18. The third-order valence-corrected chi connectivity index (χ3v) is 3.02. The van der Waals surface area contributed by atoms with Crippen LogP contribution in [-0.2, 0) is 6.54 Å². The highest BCUT2D eigenvalue weighted by molar-refractivity contribution is 5.30. The van der Waals surface area contributed by atoms with E-state index in [0.717, 1.165) is 32.5 Å². The summed E-state index contributed by atoms with van der Waals surface area (Å²) in [6.07, 6.45) is 3.77. The summed E-state index contributed by atoms with van der Waals surface area (Å²) >= 11 is 0. The zero-order valence-corrected chi connectivity index (χ0v) is 9.35. The van der Waals surface area contributed by atoms with Crippen LogP contribution in [0.15, 0.2) is 6.20 Å². The summed E-state index contributed by atoms with van der Waals surface area (Å²) < 4.78 is 1.71. The Bertz CT molecular complexity index is 382. The Labute approximate surface area is 93.8 Å². The van der Waals surface area contributed by atoms with Crippen molar-refractivity contribution in [2.75, 3.05) is 13.1 Å². The lowest BCUT2D eigenvalue weighted by Crippen LogP contribution is -2.30. The van der Waals surface area contributed by atoms with Crippen LogP contribution in [0.3, 0.4) is 0 Å². The van der Waals surface area contributed by atoms with E-state index in [-0.39, 0.29) is 10.6 Å². The lowest BCUT2D eigenvalue weighted by Gasteiger charge is -2.22. The number of nitrogens with one attached hydrogen (secondary N) is 1. The minimum absolute atomic E-state index is 0.119. The maximum absolute atomic E-state index is 10.7. The number of hydrogen-bond donors (Lipinski definition) is 1. The molecule has 0 atom stereocenters. The van der Waals surface area contributed by atoms with Gasteiger partial charge in [0.05, 0.1) is 4.92 Å². The molecule has 1 fully saturated rings. The minimum atomic E-state index is -0.374. The molecule has 2 heterocycles. The van der Waals surface area contributed by atoms with Gasteiger partial charge in [-0.2, -0.15) is 5.10 Å². The van der Waals surface area contributed by atoms with Gasteiger partial charge in [0.1, 0.15) is 11.9 Å². The van der Waals surface area contributed by atoms with Crippen LogP contribution in [0, 0.1) is 23.0 Å². The first-order chi connectivity index (χ1) is 7.66. The van der Waals surface area contributed by atoms with E-state index in [1.807, 2.05) is 0 Å². The Kier molecular flexibility index (Phi) is 3.19. The second-order valence-corrected chi connectivity index (χ2v) is 4.27. The maximum atomic E-state index is 10.7. The third-order valence-electron chi connectivity index (χ3n) is 3.02. The quantitative estimate of drug-likeness (QED) is 0.616. The first-order valence-corrected chi connectivity index (χ1v) is 5.56. The lowest BCUT2D eigenvalue weighted by atomic mass is 9.98. The summed E-state index contributed by atoms with van der Waals surface area (Å²) in [6, 6.07) is 0. The standard InChI is InChI=1S/C10H16N4O2/c1-8-10(14(15)16)7-13(12-8)6-9-2-4-11-5-3-9/h7,9,11H,2-6H2,1H3. The fourth-order valence-electron chi connectivity index (χ4n) is 2.11. The highest BCUT2D eigenvalue weighted by atomic mass is 16.6. The van der Waals surface area contributed by atoms with E-state index in [4.69, 9.17) is 0 Å². The molecule has 1 aliphatic rings. The van der Waals surface area contributed by atoms with E-state index >= 15 is 0 Å². The Morgan fingerprint density at radius 3 is 2.88 bits per heavy atom. The van der Waals surface area contributed by atoms with Crippen molar-refractivity contribution in [3.63, 3.8) is 0 Å². The maximum Gasteiger partial charge on any atom is 0.309 e. The second-order valence-electron chi connectivity index (χ2n) is 4.27. The molecular formula is C10H16N4O2. The monoisotopic (exact) mass is 224 g/mol. The molecule has 16 heavy (non-hydrogen) atoms. The molecule has 0 aliphatic carbocycles. The van der Waals surface area contributed by atoms with Gasteiger partial charge >= 0.3 is 5.69 Å². The Balaban J connectivity index is 2.03. The fourth-order valence-corrected chi connectivity index (χ4v) is 2.11. The van der Waals surface area contributed by atoms with Gasteiger partial charge in [-0.1, -0.05) is 0 Å². The number of aryl methyl sites for hydroxylation is 1. The van der Waals surface area contributed by atoms with Gasteiger partial charge < -0.3 is 5.32 Å². The SMILES string of the molecule is Cc1nn(CC2CCNCC2)cc1[N+](=O)[O-]. The van der Waals surface area contributed by atoms with Crippen molar-refractivity contribution in [2.45, 2.75) is 26.3 Å². The Morgan fingerprint density at radius 1 is 1.62 bits per heavy atom. The van der Waals surface area contributed by atoms with Gasteiger partial charge in [0, 0.05) is 6.54 Å². The van der Waals surface area contributed by atoms with Crippen LogP contribution in [0.4, 0.5) is 5.69 Å². The molecule has 0 spiro atoms. The molecule has 1 saturated heterocycles. The van der Waals surface area contributed by atoms with Crippen LogP contribution in [-0.4, -0.2) is 27.8 Å². The number of rotatable bonds is 3. The molecule has 0 amide bonds. The van der Waals surface area contributed by atoms with Gasteiger partial charge in [-0.25, -0.2) is 0 Å². The lowest BCUT2D eigenvalue weighted by molar-refractivity contribution is -0.385. The minimum Gasteiger partial charge on any atom is -0.317 e. The van der Waals surface area contributed by atoms with Gasteiger partial charge in [-0.15, -0.1) is 0 Å². The second kappa shape index (κ2) is 4.61. The van der Waals surface area contributed by atoms with Crippen molar-refractivity contribution in [3.05, 3.63) is 22.0 Å². The molecule has 88 valence electrons. The summed E-state index contributed by atoms with van der Waals surface area (Å²) in [7, 11) is 0. The fraction of sp³-hybridized carbons (Fsp3) is 0.700. The van der Waals surface area contributed by atoms with Crippen LogP contribution in [0.1, 0.15) is 18.5 Å². The van der Waals surface area contributed by atoms with Gasteiger partial charge in [0.2, 0.25) is 0 Å². The van der Waals surface area contributed by atoms with Gasteiger partial charge in [0.25, 0.3) is 0 Å². The average Bonchev–Trinajstić information content (AvgIpc) is 2.61. The largest absolute Gasteiger partial charge is 0.317 e. The van der Waals surface area contributed by atoms with Gasteiger partial charge in [-0.05, 0) is 38.8 Å². The molecule has 0 aromatic carbocycles. The van der Waals surface area contributed by atoms with Crippen LogP contribution >= 0.6 is 0 Å². The van der Waals surface area contributed by atoms with Crippen molar-refractivity contribution in [1.29, 1.82) is 0 Å². The zero-order chi connectivity index (χ0) is 11.5. The number of piperidine rings is 1. The van der Waals surface area contributed by atoms with Crippen molar-refractivity contribution < 1.29 is 4.92 Å². The normalized spacial score (nSPS) is 17.6. The molecule has 1 N–H and O–H groups in total. The van der Waals surface area contributed by atoms with Crippen LogP contribution in [0.25, 0.3) is 0 Å². The first kappa shape index (κ1) is 11.1. The average molecular weight is 224 g/mol. The highest BCUT2D eigenvalue weighted by Gasteiger charge is 2.18. The Hall–Kier alpha value is -1.43. The number of nitrogens with zero attached hydrogens (tertiary/aromatic N) is 3. The summed E-state index contributed by atoms with van der Waals surface area (Å²) in [5.41, 5.74) is 0.618. The third kappa shape index (κ3) is 2.38. The van der Waals surface area contributed by atoms with Crippen molar-refractivity contribution in [1.82, 2.24) is 15.1 Å². The summed E-state index contributed by atoms with van der Waals surface area (Å²) in [4.78, 5) is 10.3. The predicted molar refractivity (Wildman–Crippen MR) is 59.2 cm³/mol. The van der Waals surface area contributed by atoms with Crippen LogP contribution < -0.4 is 5.32 Å². The molecule has 0 saturated carbocycles. The van der Waals surface area contributed by atoms with E-state index in [1.54, 1.807) is 11.6 Å². The van der Waals surface area contributed by atoms with E-state index in [0.29, 0.717) is 11.6 Å². The molecule has 0 radical (unpaired) electrons. The number of hydrogen-bond acceptors (Lipinski definition) is 4. The van der Waals surface area contributed by atoms with E-state index in [9.17, 15) is 10.1 Å². The molecule has 6 heteroatoms. The summed E-state index contributed by atoms with van der Waals surface area (Å²) in [5.74, 6) is 0.583.